The monoisotopic (exact) mass is 440 g/mol. The second-order valence-electron chi connectivity index (χ2n) is 6.43. The quantitative estimate of drug-likeness (QED) is 0.459. The van der Waals surface area contributed by atoms with E-state index in [1.165, 1.54) is 18.1 Å². The van der Waals surface area contributed by atoms with Gasteiger partial charge in [0.05, 0.1) is 22.8 Å². The summed E-state index contributed by atoms with van der Waals surface area (Å²) in [6, 6.07) is 11.1. The number of rotatable bonds is 6. The lowest BCUT2D eigenvalue weighted by Gasteiger charge is -2.12. The Morgan fingerprint density at radius 3 is 2.87 bits per heavy atom. The SMILES string of the molecule is Cc1cccc(-n2nnnc2SCC(=O)Nc2cc(Cl)ccc2-n2cncn2)c1C. The van der Waals surface area contributed by atoms with Gasteiger partial charge in [0, 0.05) is 5.02 Å². The summed E-state index contributed by atoms with van der Waals surface area (Å²) >= 11 is 7.35. The standard InChI is InChI=1S/C19H17ClN8OS/c1-12-4-3-5-16(13(12)2)28-19(24-25-26-28)30-9-18(29)23-15-8-14(20)6-7-17(15)27-11-21-10-22-27/h3-8,10-11H,9H2,1-2H3,(H,23,29). The first-order valence-electron chi connectivity index (χ1n) is 8.95. The van der Waals surface area contributed by atoms with Crippen molar-refractivity contribution in [3.8, 4) is 11.4 Å². The zero-order valence-corrected chi connectivity index (χ0v) is 17.7. The number of amides is 1. The maximum absolute atomic E-state index is 12.6. The van der Waals surface area contributed by atoms with Crippen molar-refractivity contribution < 1.29 is 4.79 Å². The fourth-order valence-electron chi connectivity index (χ4n) is 2.84. The number of halogens is 1. The number of anilines is 1. The van der Waals surface area contributed by atoms with Gasteiger partial charge < -0.3 is 5.32 Å². The van der Waals surface area contributed by atoms with Crippen LogP contribution in [0.15, 0.2) is 54.2 Å². The average Bonchev–Trinajstić information content (AvgIpc) is 3.41. The Kier molecular flexibility index (Phi) is 5.77. The number of nitrogens with one attached hydrogen (secondary N) is 1. The van der Waals surface area contributed by atoms with Gasteiger partial charge in [-0.25, -0.2) is 9.67 Å². The van der Waals surface area contributed by atoms with E-state index in [0.29, 0.717) is 21.6 Å². The molecular weight excluding hydrogens is 424 g/mol. The largest absolute Gasteiger partial charge is 0.323 e. The van der Waals surface area contributed by atoms with Gasteiger partial charge in [0.15, 0.2) is 0 Å². The number of aromatic nitrogens is 7. The van der Waals surface area contributed by atoms with Gasteiger partial charge in [0.25, 0.3) is 0 Å². The maximum Gasteiger partial charge on any atom is 0.234 e. The fraction of sp³-hybridized carbons (Fsp3) is 0.158. The molecule has 1 amide bonds. The van der Waals surface area contributed by atoms with Crippen molar-refractivity contribution in [2.45, 2.75) is 19.0 Å². The van der Waals surface area contributed by atoms with Gasteiger partial charge in [-0.2, -0.15) is 9.78 Å². The second-order valence-corrected chi connectivity index (χ2v) is 7.81. The molecule has 2 aromatic heterocycles. The molecular formula is C19H17ClN8OS. The summed E-state index contributed by atoms with van der Waals surface area (Å²) in [6.07, 6.45) is 2.97. The normalized spacial score (nSPS) is 10.9. The van der Waals surface area contributed by atoms with Gasteiger partial charge in [0.2, 0.25) is 11.1 Å². The summed E-state index contributed by atoms with van der Waals surface area (Å²) in [5.74, 6) is -0.103. The van der Waals surface area contributed by atoms with Crippen LogP contribution in [0.4, 0.5) is 5.69 Å². The molecule has 11 heteroatoms. The Balaban J connectivity index is 1.49. The summed E-state index contributed by atoms with van der Waals surface area (Å²) in [7, 11) is 0. The van der Waals surface area contributed by atoms with Gasteiger partial charge in [-0.05, 0) is 59.7 Å². The third-order valence-electron chi connectivity index (χ3n) is 4.48. The summed E-state index contributed by atoms with van der Waals surface area (Å²) in [6.45, 7) is 4.04. The van der Waals surface area contributed by atoms with E-state index in [0.717, 1.165) is 16.8 Å². The molecule has 152 valence electrons. The number of tetrazole rings is 1. The maximum atomic E-state index is 12.6. The van der Waals surface area contributed by atoms with Crippen molar-refractivity contribution >= 4 is 35.0 Å². The van der Waals surface area contributed by atoms with E-state index in [-0.39, 0.29) is 11.7 Å². The molecule has 1 N–H and O–H groups in total. The topological polar surface area (TPSA) is 103 Å². The number of aryl methyl sites for hydroxylation is 1. The molecule has 4 rings (SSSR count). The van der Waals surface area contributed by atoms with E-state index in [1.807, 2.05) is 32.0 Å². The Bertz CT molecular complexity index is 1190. The molecule has 9 nitrogen and oxygen atoms in total. The zero-order valence-electron chi connectivity index (χ0n) is 16.2. The first-order valence-corrected chi connectivity index (χ1v) is 10.3. The van der Waals surface area contributed by atoms with Crippen LogP contribution in [0.25, 0.3) is 11.4 Å². The van der Waals surface area contributed by atoms with E-state index in [2.05, 4.69) is 30.9 Å². The number of hydrogen-bond donors (Lipinski definition) is 1. The fourth-order valence-corrected chi connectivity index (χ4v) is 3.70. The van der Waals surface area contributed by atoms with E-state index in [1.54, 1.807) is 33.9 Å². The number of benzene rings is 2. The third kappa shape index (κ3) is 4.19. The molecule has 4 aromatic rings. The second kappa shape index (κ2) is 8.64. The van der Waals surface area contributed by atoms with Gasteiger partial charge in [0.1, 0.15) is 12.7 Å². The molecule has 0 unspecified atom stereocenters. The van der Waals surface area contributed by atoms with Gasteiger partial charge >= 0.3 is 0 Å². The average molecular weight is 441 g/mol. The summed E-state index contributed by atoms with van der Waals surface area (Å²) in [4.78, 5) is 16.6. The molecule has 0 saturated heterocycles. The lowest BCUT2D eigenvalue weighted by atomic mass is 10.1. The molecule has 0 aliphatic carbocycles. The highest BCUT2D eigenvalue weighted by Crippen LogP contribution is 2.25. The molecule has 0 saturated carbocycles. The van der Waals surface area contributed by atoms with Gasteiger partial charge in [-0.15, -0.1) is 5.10 Å². The Hall–Kier alpha value is -3.24. The first kappa shape index (κ1) is 20.0. The van der Waals surface area contributed by atoms with Crippen molar-refractivity contribution in [1.29, 1.82) is 0 Å². The van der Waals surface area contributed by atoms with Crippen LogP contribution in [0.5, 0.6) is 0 Å². The molecule has 0 bridgehead atoms. The summed E-state index contributed by atoms with van der Waals surface area (Å²) in [5.41, 5.74) is 4.29. The number of hydrogen-bond acceptors (Lipinski definition) is 7. The molecule has 0 radical (unpaired) electrons. The number of carbonyl (C=O) groups is 1. The number of thioether (sulfide) groups is 1. The lowest BCUT2D eigenvalue weighted by molar-refractivity contribution is -0.113. The highest BCUT2D eigenvalue weighted by Gasteiger charge is 2.15. The molecule has 30 heavy (non-hydrogen) atoms. The Morgan fingerprint density at radius 2 is 2.07 bits per heavy atom. The molecule has 0 aliphatic rings. The van der Waals surface area contributed by atoms with Crippen LogP contribution in [0.3, 0.4) is 0 Å². The molecule has 0 fully saturated rings. The molecule has 0 atom stereocenters. The van der Waals surface area contributed by atoms with Crippen LogP contribution in [-0.2, 0) is 4.79 Å². The van der Waals surface area contributed by atoms with Crippen LogP contribution in [0.2, 0.25) is 5.02 Å². The Labute approximate surface area is 181 Å². The summed E-state index contributed by atoms with van der Waals surface area (Å²) in [5, 5.41) is 19.9. The van der Waals surface area contributed by atoms with Crippen LogP contribution in [0, 0.1) is 13.8 Å². The molecule has 2 heterocycles. The Morgan fingerprint density at radius 1 is 1.20 bits per heavy atom. The summed E-state index contributed by atoms with van der Waals surface area (Å²) < 4.78 is 3.20. The predicted molar refractivity (Wildman–Crippen MR) is 114 cm³/mol. The molecule has 2 aromatic carbocycles. The first-order chi connectivity index (χ1) is 14.5. The van der Waals surface area contributed by atoms with Crippen LogP contribution >= 0.6 is 23.4 Å². The van der Waals surface area contributed by atoms with E-state index in [4.69, 9.17) is 11.6 Å². The zero-order chi connectivity index (χ0) is 21.1. The number of nitrogens with zero attached hydrogens (tertiary/aromatic N) is 7. The highest BCUT2D eigenvalue weighted by atomic mass is 35.5. The van der Waals surface area contributed by atoms with Crippen LogP contribution in [-0.4, -0.2) is 46.6 Å². The minimum absolute atomic E-state index is 0.120. The van der Waals surface area contributed by atoms with Crippen molar-refractivity contribution in [1.82, 2.24) is 35.0 Å². The minimum Gasteiger partial charge on any atom is -0.323 e. The van der Waals surface area contributed by atoms with Crippen LogP contribution in [0.1, 0.15) is 11.1 Å². The van der Waals surface area contributed by atoms with E-state index in [9.17, 15) is 4.79 Å². The molecule has 0 spiro atoms. The van der Waals surface area contributed by atoms with Crippen molar-refractivity contribution in [2.24, 2.45) is 0 Å². The van der Waals surface area contributed by atoms with Crippen LogP contribution < -0.4 is 5.32 Å². The number of carbonyl (C=O) groups excluding carboxylic acids is 1. The van der Waals surface area contributed by atoms with Crippen molar-refractivity contribution in [3.05, 3.63) is 65.2 Å². The predicted octanol–water partition coefficient (Wildman–Crippen LogP) is 3.24. The van der Waals surface area contributed by atoms with Crippen molar-refractivity contribution in [2.75, 3.05) is 11.1 Å². The third-order valence-corrected chi connectivity index (χ3v) is 5.63. The minimum atomic E-state index is -0.223. The highest BCUT2D eigenvalue weighted by molar-refractivity contribution is 7.99. The van der Waals surface area contributed by atoms with Gasteiger partial charge in [-0.1, -0.05) is 35.5 Å². The lowest BCUT2D eigenvalue weighted by Crippen LogP contribution is -2.16. The van der Waals surface area contributed by atoms with E-state index >= 15 is 0 Å². The smallest absolute Gasteiger partial charge is 0.234 e. The van der Waals surface area contributed by atoms with Crippen molar-refractivity contribution in [3.63, 3.8) is 0 Å². The van der Waals surface area contributed by atoms with E-state index < -0.39 is 0 Å². The molecule has 0 aliphatic heterocycles. The van der Waals surface area contributed by atoms with Gasteiger partial charge in [-0.3, -0.25) is 4.79 Å².